The van der Waals surface area contributed by atoms with E-state index in [1.165, 1.54) is 12.0 Å². The smallest absolute Gasteiger partial charge is 0.407 e. The summed E-state index contributed by atoms with van der Waals surface area (Å²) in [5.41, 5.74) is 6.66. The number of amides is 2. The van der Waals surface area contributed by atoms with Gasteiger partial charge in [0, 0.05) is 77.7 Å². The summed E-state index contributed by atoms with van der Waals surface area (Å²) >= 11 is 20.9. The number of fused-ring (bicyclic) bond motifs is 1. The highest BCUT2D eigenvalue weighted by atomic mass is 35.5. The average Bonchev–Trinajstić information content (AvgIpc) is 3.51. The maximum Gasteiger partial charge on any atom is 0.407 e. The van der Waals surface area contributed by atoms with Crippen molar-refractivity contribution in [1.29, 1.82) is 0 Å². The van der Waals surface area contributed by atoms with E-state index in [0.29, 0.717) is 81.1 Å². The lowest BCUT2D eigenvalue weighted by Crippen LogP contribution is -2.41. The number of carboxylic acid groups (broad SMARTS) is 1. The molecule has 0 bridgehead atoms. The second kappa shape index (κ2) is 15.3. The fourth-order valence-electron chi connectivity index (χ4n) is 6.49. The number of aromatic nitrogens is 2. The monoisotopic (exact) mass is 725 g/mol. The third-order valence-electron chi connectivity index (χ3n) is 8.99. The lowest BCUT2D eigenvalue weighted by molar-refractivity contribution is -0.119. The quantitative estimate of drug-likeness (QED) is 0.162. The van der Waals surface area contributed by atoms with Crippen molar-refractivity contribution in [2.24, 2.45) is 0 Å². The molecule has 256 valence electrons. The molecule has 6 rings (SSSR count). The van der Waals surface area contributed by atoms with Crippen molar-refractivity contribution < 1.29 is 23.8 Å². The zero-order valence-electron chi connectivity index (χ0n) is 26.8. The number of nitrogens with zero attached hydrogens (tertiary/aromatic N) is 4. The molecular weight excluding hydrogens is 692 g/mol. The van der Waals surface area contributed by atoms with Crippen molar-refractivity contribution in [3.63, 3.8) is 0 Å². The van der Waals surface area contributed by atoms with Crippen LogP contribution in [0.5, 0.6) is 5.88 Å². The third kappa shape index (κ3) is 7.62. The zero-order chi connectivity index (χ0) is 34.7. The van der Waals surface area contributed by atoms with E-state index in [0.717, 1.165) is 29.7 Å². The number of halogens is 4. The molecular formula is C36H35Cl3FN5O4. The standard InChI is InChI=1S/C36H35Cl3FN5O4/c1-49-35-22(18-45(36(47)48)19-24-7-9-31(46)42-24)6-8-30(43-35)27-5-2-4-25(32(27)38)26-10-13-41-34(33(26)39)23-16-21-11-15-44(14-3-12-40)20-28(21)29(37)17-23/h2,4-6,8,10,13,16-17,24H,3,7,9,11-12,14-15,18-20H2,1H3,(H,42,46)(H,47,48)/t24-/m0/s1. The van der Waals surface area contributed by atoms with Crippen LogP contribution in [0.2, 0.25) is 15.1 Å². The first kappa shape index (κ1) is 34.9. The van der Waals surface area contributed by atoms with Crippen LogP contribution in [0.3, 0.4) is 0 Å². The molecule has 4 aromatic rings. The minimum absolute atomic E-state index is 0.0332. The summed E-state index contributed by atoms with van der Waals surface area (Å²) in [5, 5.41) is 14.1. The molecule has 1 fully saturated rings. The summed E-state index contributed by atoms with van der Waals surface area (Å²) in [4.78, 5) is 36.4. The Hall–Kier alpha value is -3.96. The molecule has 4 heterocycles. The first-order chi connectivity index (χ1) is 23.7. The molecule has 13 heteroatoms. The maximum atomic E-state index is 12.7. The van der Waals surface area contributed by atoms with E-state index in [4.69, 9.17) is 44.5 Å². The largest absolute Gasteiger partial charge is 0.481 e. The molecule has 2 N–H and O–H groups in total. The molecule has 1 atom stereocenters. The van der Waals surface area contributed by atoms with Gasteiger partial charge in [0.15, 0.2) is 0 Å². The summed E-state index contributed by atoms with van der Waals surface area (Å²) in [6, 6.07) is 14.7. The Morgan fingerprint density at radius 1 is 1.10 bits per heavy atom. The number of ether oxygens (including phenoxy) is 1. The van der Waals surface area contributed by atoms with Crippen molar-refractivity contribution in [2.45, 2.75) is 44.8 Å². The van der Waals surface area contributed by atoms with Crippen LogP contribution in [-0.4, -0.2) is 76.3 Å². The number of carbonyl (C=O) groups excluding carboxylic acids is 1. The highest BCUT2D eigenvalue weighted by molar-refractivity contribution is 6.39. The lowest BCUT2D eigenvalue weighted by atomic mass is 9.94. The van der Waals surface area contributed by atoms with Crippen molar-refractivity contribution in [3.8, 4) is 39.5 Å². The fraction of sp³-hybridized carbons (Fsp3) is 0.333. The lowest BCUT2D eigenvalue weighted by Gasteiger charge is -2.29. The molecule has 49 heavy (non-hydrogen) atoms. The van der Waals surface area contributed by atoms with Gasteiger partial charge in [-0.2, -0.15) is 0 Å². The SMILES string of the molecule is COc1nc(-c2cccc(-c3ccnc(-c4cc(Cl)c5c(c4)CCN(CCCF)C5)c3Cl)c2Cl)ccc1CN(C[C@@H]1CCC(=O)N1)C(=O)O. The molecule has 0 spiro atoms. The van der Waals surface area contributed by atoms with E-state index in [-0.39, 0.29) is 37.6 Å². The van der Waals surface area contributed by atoms with E-state index < -0.39 is 6.09 Å². The van der Waals surface area contributed by atoms with Crippen LogP contribution < -0.4 is 10.1 Å². The summed E-state index contributed by atoms with van der Waals surface area (Å²) in [6.45, 7) is 2.06. The molecule has 2 aromatic carbocycles. The normalized spacial score (nSPS) is 15.9. The van der Waals surface area contributed by atoms with E-state index in [1.807, 2.05) is 30.3 Å². The van der Waals surface area contributed by atoms with Gasteiger partial charge < -0.3 is 20.1 Å². The Morgan fingerprint density at radius 2 is 1.90 bits per heavy atom. The topological polar surface area (TPSA) is 108 Å². The van der Waals surface area contributed by atoms with Gasteiger partial charge in [-0.25, -0.2) is 9.78 Å². The van der Waals surface area contributed by atoms with Crippen LogP contribution in [0.15, 0.2) is 54.7 Å². The summed E-state index contributed by atoms with van der Waals surface area (Å²) in [7, 11) is 1.48. The van der Waals surface area contributed by atoms with Crippen molar-refractivity contribution in [3.05, 3.63) is 86.5 Å². The van der Waals surface area contributed by atoms with E-state index >= 15 is 0 Å². The molecule has 1 saturated heterocycles. The summed E-state index contributed by atoms with van der Waals surface area (Å²) in [5.74, 6) is 0.185. The van der Waals surface area contributed by atoms with Gasteiger partial charge in [-0.3, -0.25) is 19.1 Å². The number of alkyl halides is 1. The molecule has 2 aromatic heterocycles. The predicted molar refractivity (Wildman–Crippen MR) is 189 cm³/mol. The number of pyridine rings is 2. The molecule has 2 amide bonds. The van der Waals surface area contributed by atoms with E-state index in [2.05, 4.69) is 21.3 Å². The average molecular weight is 727 g/mol. The predicted octanol–water partition coefficient (Wildman–Crippen LogP) is 7.92. The zero-order valence-corrected chi connectivity index (χ0v) is 29.1. The van der Waals surface area contributed by atoms with Gasteiger partial charge in [-0.1, -0.05) is 53.0 Å². The molecule has 9 nitrogen and oxygen atoms in total. The highest BCUT2D eigenvalue weighted by Gasteiger charge is 2.27. The number of hydrogen-bond acceptors (Lipinski definition) is 6. The summed E-state index contributed by atoms with van der Waals surface area (Å²) in [6.07, 6.45) is 2.85. The minimum Gasteiger partial charge on any atom is -0.481 e. The Kier molecular flexibility index (Phi) is 10.9. The molecule has 2 aliphatic heterocycles. The van der Waals surface area contributed by atoms with Gasteiger partial charge in [0.1, 0.15) is 0 Å². The third-order valence-corrected chi connectivity index (χ3v) is 10.1. The van der Waals surface area contributed by atoms with Crippen LogP contribution in [0.4, 0.5) is 9.18 Å². The Morgan fingerprint density at radius 3 is 2.63 bits per heavy atom. The van der Waals surface area contributed by atoms with E-state index in [9.17, 15) is 19.1 Å². The van der Waals surface area contributed by atoms with Crippen LogP contribution >= 0.6 is 34.8 Å². The number of nitrogens with one attached hydrogen (secondary N) is 1. The molecule has 0 aliphatic carbocycles. The van der Waals surface area contributed by atoms with Crippen LogP contribution in [0, 0.1) is 0 Å². The maximum absolute atomic E-state index is 12.7. The Bertz CT molecular complexity index is 1890. The second-order valence-electron chi connectivity index (χ2n) is 12.2. The van der Waals surface area contributed by atoms with Gasteiger partial charge in [-0.05, 0) is 60.7 Å². The van der Waals surface area contributed by atoms with Crippen LogP contribution in [0.25, 0.3) is 33.6 Å². The van der Waals surface area contributed by atoms with Crippen molar-refractivity contribution >= 4 is 46.8 Å². The van der Waals surface area contributed by atoms with Crippen LogP contribution in [-0.2, 0) is 24.3 Å². The fourth-order valence-corrected chi connectivity index (χ4v) is 7.44. The number of methoxy groups -OCH3 is 1. The first-order valence-corrected chi connectivity index (χ1v) is 17.1. The van der Waals surface area contributed by atoms with Crippen molar-refractivity contribution in [1.82, 2.24) is 25.1 Å². The number of hydrogen-bond donors (Lipinski definition) is 2. The molecule has 0 radical (unpaired) electrons. The minimum atomic E-state index is -1.11. The van der Waals surface area contributed by atoms with Gasteiger partial charge >= 0.3 is 6.09 Å². The Labute approximate surface area is 299 Å². The number of benzene rings is 2. The van der Waals surface area contributed by atoms with Gasteiger partial charge in [-0.15, -0.1) is 0 Å². The molecule has 0 saturated carbocycles. The van der Waals surface area contributed by atoms with Gasteiger partial charge in [0.05, 0.1) is 41.8 Å². The highest BCUT2D eigenvalue weighted by Crippen LogP contribution is 2.43. The Balaban J connectivity index is 1.28. The second-order valence-corrected chi connectivity index (χ2v) is 13.3. The molecule has 2 aliphatic rings. The van der Waals surface area contributed by atoms with Gasteiger partial charge in [0.2, 0.25) is 11.8 Å². The summed E-state index contributed by atoms with van der Waals surface area (Å²) < 4.78 is 18.3. The van der Waals surface area contributed by atoms with Crippen molar-refractivity contribution in [2.75, 3.05) is 33.4 Å². The van der Waals surface area contributed by atoms with E-state index in [1.54, 1.807) is 18.3 Å². The molecule has 0 unspecified atom stereocenters. The number of carbonyl (C=O) groups is 2. The van der Waals surface area contributed by atoms with Gasteiger partial charge in [0.25, 0.3) is 0 Å². The number of rotatable bonds is 11. The van der Waals surface area contributed by atoms with Crippen LogP contribution in [0.1, 0.15) is 36.0 Å². The first-order valence-electron chi connectivity index (χ1n) is 16.0.